The number of fused-ring (bicyclic) bond motifs is 1. The second-order valence-electron chi connectivity index (χ2n) is 7.77. The summed E-state index contributed by atoms with van der Waals surface area (Å²) in [5.41, 5.74) is 2.63. The summed E-state index contributed by atoms with van der Waals surface area (Å²) < 4.78 is 16.0. The van der Waals surface area contributed by atoms with Crippen LogP contribution in [0.4, 0.5) is 14.9 Å². The minimum atomic E-state index is -0.399. The fourth-order valence-electron chi connectivity index (χ4n) is 3.71. The molecule has 6 nitrogen and oxygen atoms in total. The molecular weight excluding hydrogens is 357 g/mol. The lowest BCUT2D eigenvalue weighted by molar-refractivity contribution is 0.181. The molecule has 3 heterocycles. The van der Waals surface area contributed by atoms with E-state index in [0.29, 0.717) is 17.0 Å². The molecule has 0 radical (unpaired) electrons. The molecule has 0 atom stereocenters. The van der Waals surface area contributed by atoms with Crippen molar-refractivity contribution in [1.82, 2.24) is 19.7 Å². The summed E-state index contributed by atoms with van der Waals surface area (Å²) in [5.74, 6) is 0.364. The molecule has 1 aliphatic heterocycles. The smallest absolute Gasteiger partial charge is 0.321 e. The first-order valence-corrected chi connectivity index (χ1v) is 9.86. The number of pyridine rings is 1. The molecule has 1 N–H and O–H groups in total. The van der Waals surface area contributed by atoms with Crippen LogP contribution in [0.2, 0.25) is 0 Å². The molecule has 1 saturated heterocycles. The predicted octanol–water partition coefficient (Wildman–Crippen LogP) is 4.14. The number of halogens is 1. The molecular formula is C21H22FN5O. The zero-order valence-electron chi connectivity index (χ0n) is 15.6. The molecule has 0 spiro atoms. The first-order valence-electron chi connectivity index (χ1n) is 9.86. The van der Waals surface area contributed by atoms with E-state index in [1.54, 1.807) is 23.2 Å². The molecule has 1 saturated carbocycles. The van der Waals surface area contributed by atoms with Gasteiger partial charge in [0.05, 0.1) is 0 Å². The lowest BCUT2D eigenvalue weighted by Gasteiger charge is -2.30. The number of nitrogens with one attached hydrogen (secondary N) is 1. The van der Waals surface area contributed by atoms with Crippen LogP contribution in [-0.2, 0) is 6.42 Å². The fourth-order valence-corrected chi connectivity index (χ4v) is 3.71. The summed E-state index contributed by atoms with van der Waals surface area (Å²) >= 11 is 0. The van der Waals surface area contributed by atoms with Crippen molar-refractivity contribution in [2.45, 2.75) is 32.1 Å². The lowest BCUT2D eigenvalue weighted by Crippen LogP contribution is -2.44. The van der Waals surface area contributed by atoms with Crippen LogP contribution in [-0.4, -0.2) is 38.8 Å². The average Bonchev–Trinajstić information content (AvgIpc) is 3.01. The molecule has 28 heavy (non-hydrogen) atoms. The average molecular weight is 379 g/mol. The summed E-state index contributed by atoms with van der Waals surface area (Å²) in [4.78, 5) is 18.3. The van der Waals surface area contributed by atoms with Crippen molar-refractivity contribution in [1.29, 1.82) is 0 Å². The maximum absolute atomic E-state index is 14.5. The van der Waals surface area contributed by atoms with Crippen LogP contribution in [0.3, 0.4) is 0 Å². The number of carbonyl (C=O) groups excluding carboxylic acids is 1. The number of urea groups is 1. The minimum Gasteiger partial charge on any atom is -0.324 e. The maximum atomic E-state index is 14.5. The van der Waals surface area contributed by atoms with Crippen molar-refractivity contribution >= 4 is 22.8 Å². The van der Waals surface area contributed by atoms with Gasteiger partial charge in [-0.15, -0.1) is 5.10 Å². The number of benzene rings is 1. The Morgan fingerprint density at radius 2 is 2.07 bits per heavy atom. The molecule has 0 bridgehead atoms. The molecule has 1 aliphatic carbocycles. The largest absolute Gasteiger partial charge is 0.324 e. The van der Waals surface area contributed by atoms with Crippen LogP contribution in [0.25, 0.3) is 16.7 Å². The quantitative estimate of drug-likeness (QED) is 0.741. The van der Waals surface area contributed by atoms with Crippen molar-refractivity contribution in [2.24, 2.45) is 5.92 Å². The summed E-state index contributed by atoms with van der Waals surface area (Å²) in [6, 6.07) is 6.46. The monoisotopic (exact) mass is 379 g/mol. The molecule has 2 fully saturated rings. The predicted molar refractivity (Wildman–Crippen MR) is 105 cm³/mol. The van der Waals surface area contributed by atoms with Crippen LogP contribution < -0.4 is 5.32 Å². The van der Waals surface area contributed by atoms with Crippen LogP contribution in [0, 0.1) is 11.7 Å². The Morgan fingerprint density at radius 1 is 1.21 bits per heavy atom. The first kappa shape index (κ1) is 17.2. The molecule has 3 aromatic rings. The Hall–Kier alpha value is -2.96. The molecule has 144 valence electrons. The summed E-state index contributed by atoms with van der Waals surface area (Å²) in [7, 11) is 0. The van der Waals surface area contributed by atoms with E-state index >= 15 is 0 Å². The van der Waals surface area contributed by atoms with E-state index in [9.17, 15) is 9.18 Å². The second-order valence-corrected chi connectivity index (χ2v) is 7.77. The lowest BCUT2D eigenvalue weighted by atomic mass is 9.81. The number of aromatic nitrogens is 3. The molecule has 1 aromatic carbocycles. The van der Waals surface area contributed by atoms with E-state index in [1.165, 1.54) is 35.6 Å². The number of carbonyl (C=O) groups is 1. The number of likely N-dealkylation sites (tertiary alicyclic amines) is 1. The zero-order chi connectivity index (χ0) is 19.1. The van der Waals surface area contributed by atoms with Gasteiger partial charge in [-0.1, -0.05) is 19.3 Å². The summed E-state index contributed by atoms with van der Waals surface area (Å²) in [6.07, 6.45) is 9.64. The van der Waals surface area contributed by atoms with Gasteiger partial charge in [0.2, 0.25) is 0 Å². The van der Waals surface area contributed by atoms with Crippen molar-refractivity contribution in [3.63, 3.8) is 0 Å². The molecule has 5 rings (SSSR count). The SMILES string of the molecule is O=C(Nc1ccc(F)c(-n2cc3cc(CC4CCC4)cnc3n2)c1)N1CCC1. The third-order valence-corrected chi connectivity index (χ3v) is 5.75. The van der Waals surface area contributed by atoms with E-state index in [0.717, 1.165) is 37.2 Å². The number of amides is 2. The second kappa shape index (κ2) is 6.89. The van der Waals surface area contributed by atoms with Gasteiger partial charge in [0.15, 0.2) is 5.65 Å². The number of hydrogen-bond donors (Lipinski definition) is 1. The first-order chi connectivity index (χ1) is 13.7. The minimum absolute atomic E-state index is 0.156. The molecule has 2 aliphatic rings. The van der Waals surface area contributed by atoms with Crippen LogP contribution in [0.1, 0.15) is 31.2 Å². The number of rotatable bonds is 4. The highest BCUT2D eigenvalue weighted by atomic mass is 19.1. The summed E-state index contributed by atoms with van der Waals surface area (Å²) in [6.45, 7) is 1.53. The summed E-state index contributed by atoms with van der Waals surface area (Å²) in [5, 5.41) is 8.14. The highest BCUT2D eigenvalue weighted by Gasteiger charge is 2.21. The molecule has 7 heteroatoms. The Labute approximate surface area is 162 Å². The van der Waals surface area contributed by atoms with Gasteiger partial charge in [0, 0.05) is 36.6 Å². The van der Waals surface area contributed by atoms with Crippen LogP contribution >= 0.6 is 0 Å². The van der Waals surface area contributed by atoms with E-state index < -0.39 is 5.82 Å². The Kier molecular flexibility index (Phi) is 4.22. The fraction of sp³-hybridized carbons (Fsp3) is 0.381. The standard InChI is InChI=1S/C21H22FN5O/c22-18-6-5-17(24-21(28)26-7-2-8-26)11-19(18)27-13-16-10-15(9-14-3-1-4-14)12-23-20(16)25-27/h5-6,10-14H,1-4,7-9H2,(H,24,28). The van der Waals surface area contributed by atoms with E-state index in [2.05, 4.69) is 21.5 Å². The maximum Gasteiger partial charge on any atom is 0.321 e. The van der Waals surface area contributed by atoms with Gasteiger partial charge in [0.25, 0.3) is 0 Å². The van der Waals surface area contributed by atoms with Crippen molar-refractivity contribution in [2.75, 3.05) is 18.4 Å². The molecule has 2 amide bonds. The van der Waals surface area contributed by atoms with E-state index in [-0.39, 0.29) is 6.03 Å². The van der Waals surface area contributed by atoms with Gasteiger partial charge in [-0.3, -0.25) is 0 Å². The normalized spacial score (nSPS) is 16.7. The van der Waals surface area contributed by atoms with Crippen LogP contribution in [0.5, 0.6) is 0 Å². The van der Waals surface area contributed by atoms with Crippen LogP contribution in [0.15, 0.2) is 36.7 Å². The van der Waals surface area contributed by atoms with E-state index in [1.807, 2.05) is 6.20 Å². The Bertz CT molecular complexity index is 1040. The molecule has 2 aromatic heterocycles. The Balaban J connectivity index is 1.41. The van der Waals surface area contributed by atoms with Gasteiger partial charge < -0.3 is 10.2 Å². The number of nitrogens with zero attached hydrogens (tertiary/aromatic N) is 4. The number of anilines is 1. The van der Waals surface area contributed by atoms with Gasteiger partial charge in [-0.25, -0.2) is 18.9 Å². The van der Waals surface area contributed by atoms with Gasteiger partial charge in [-0.2, -0.15) is 0 Å². The number of hydrogen-bond acceptors (Lipinski definition) is 3. The van der Waals surface area contributed by atoms with Gasteiger partial charge >= 0.3 is 6.03 Å². The molecule has 0 unspecified atom stereocenters. The van der Waals surface area contributed by atoms with Crippen molar-refractivity contribution < 1.29 is 9.18 Å². The Morgan fingerprint density at radius 3 is 2.79 bits per heavy atom. The van der Waals surface area contributed by atoms with Crippen molar-refractivity contribution in [3.8, 4) is 5.69 Å². The highest BCUT2D eigenvalue weighted by molar-refractivity contribution is 5.90. The third-order valence-electron chi connectivity index (χ3n) is 5.75. The van der Waals surface area contributed by atoms with Crippen molar-refractivity contribution in [3.05, 3.63) is 48.0 Å². The highest BCUT2D eigenvalue weighted by Crippen LogP contribution is 2.30. The topological polar surface area (TPSA) is 63.1 Å². The van der Waals surface area contributed by atoms with Gasteiger partial charge in [0.1, 0.15) is 11.5 Å². The third kappa shape index (κ3) is 3.21. The van der Waals surface area contributed by atoms with Gasteiger partial charge in [-0.05, 0) is 48.6 Å². The van der Waals surface area contributed by atoms with E-state index in [4.69, 9.17) is 0 Å². The zero-order valence-corrected chi connectivity index (χ0v) is 15.6.